The fraction of sp³-hybridized carbons (Fsp3) is 0.409. The fourth-order valence-electron chi connectivity index (χ4n) is 3.61. The number of halogens is 2. The first kappa shape index (κ1) is 26.0. The summed E-state index contributed by atoms with van der Waals surface area (Å²) in [5.74, 6) is 1.58. The molecule has 0 saturated carbocycles. The van der Waals surface area contributed by atoms with Crippen LogP contribution in [0.25, 0.3) is 0 Å². The minimum absolute atomic E-state index is 0. The molecule has 1 fully saturated rings. The summed E-state index contributed by atoms with van der Waals surface area (Å²) < 4.78 is 10.7. The Bertz CT molecular complexity index is 770. The molecule has 1 amide bonds. The lowest BCUT2D eigenvalue weighted by Crippen LogP contribution is -2.38. The number of carbonyl (C=O) groups excluding carboxylic acids is 1. The number of rotatable bonds is 8. The third kappa shape index (κ3) is 7.36. The van der Waals surface area contributed by atoms with Crippen LogP contribution in [0, 0.1) is 0 Å². The fourth-order valence-corrected chi connectivity index (χ4v) is 3.61. The zero-order valence-electron chi connectivity index (χ0n) is 17.4. The van der Waals surface area contributed by atoms with Gasteiger partial charge in [-0.2, -0.15) is 0 Å². The van der Waals surface area contributed by atoms with Crippen molar-refractivity contribution in [2.24, 2.45) is 5.73 Å². The van der Waals surface area contributed by atoms with Crippen molar-refractivity contribution >= 4 is 30.7 Å². The first-order valence-corrected chi connectivity index (χ1v) is 9.61. The molecule has 1 heterocycles. The van der Waals surface area contributed by atoms with Gasteiger partial charge in [-0.3, -0.25) is 9.69 Å². The van der Waals surface area contributed by atoms with Crippen LogP contribution in [0.1, 0.15) is 30.0 Å². The predicted molar refractivity (Wildman–Crippen MR) is 124 cm³/mol. The van der Waals surface area contributed by atoms with Gasteiger partial charge in [0.15, 0.2) is 0 Å². The van der Waals surface area contributed by atoms with E-state index in [-0.39, 0.29) is 42.8 Å². The van der Waals surface area contributed by atoms with Crippen LogP contribution in [0.3, 0.4) is 0 Å². The van der Waals surface area contributed by atoms with Crippen LogP contribution in [0.2, 0.25) is 0 Å². The Balaban J connectivity index is 0.00000225. The van der Waals surface area contributed by atoms with E-state index in [0.717, 1.165) is 48.7 Å². The maximum atomic E-state index is 12.4. The summed E-state index contributed by atoms with van der Waals surface area (Å²) in [4.78, 5) is 14.7. The highest BCUT2D eigenvalue weighted by Crippen LogP contribution is 2.24. The van der Waals surface area contributed by atoms with E-state index in [1.807, 2.05) is 48.5 Å². The van der Waals surface area contributed by atoms with E-state index in [4.69, 9.17) is 15.2 Å². The lowest BCUT2D eigenvalue weighted by Gasteiger charge is -2.18. The zero-order valence-corrected chi connectivity index (χ0v) is 19.0. The van der Waals surface area contributed by atoms with Gasteiger partial charge in [-0.1, -0.05) is 30.3 Å². The number of methoxy groups -OCH3 is 2. The highest BCUT2D eigenvalue weighted by atomic mass is 35.5. The molecular formula is C22H31Cl2N3O3. The molecule has 2 aromatic rings. The van der Waals surface area contributed by atoms with E-state index in [1.54, 1.807) is 14.2 Å². The number of nitrogens with zero attached hydrogens (tertiary/aromatic N) is 1. The number of nitrogens with one attached hydrogen (secondary N) is 1. The number of likely N-dealkylation sites (tertiary alicyclic amines) is 1. The largest absolute Gasteiger partial charge is 0.497 e. The minimum atomic E-state index is -0.275. The van der Waals surface area contributed by atoms with Crippen molar-refractivity contribution in [3.63, 3.8) is 0 Å². The Morgan fingerprint density at radius 2 is 1.77 bits per heavy atom. The van der Waals surface area contributed by atoms with E-state index < -0.39 is 0 Å². The van der Waals surface area contributed by atoms with Crippen molar-refractivity contribution in [1.82, 2.24) is 10.2 Å². The maximum absolute atomic E-state index is 12.4. The Morgan fingerprint density at radius 1 is 1.13 bits per heavy atom. The average molecular weight is 456 g/mol. The molecule has 0 aromatic heterocycles. The summed E-state index contributed by atoms with van der Waals surface area (Å²) in [5, 5.41) is 3.13. The molecule has 1 saturated heterocycles. The summed E-state index contributed by atoms with van der Waals surface area (Å²) in [6.45, 7) is 2.56. The minimum Gasteiger partial charge on any atom is -0.497 e. The highest BCUT2D eigenvalue weighted by molar-refractivity contribution is 5.85. The lowest BCUT2D eigenvalue weighted by molar-refractivity contribution is -0.122. The van der Waals surface area contributed by atoms with Gasteiger partial charge in [0, 0.05) is 44.2 Å². The number of ether oxygens (including phenoxy) is 2. The standard InChI is InChI=1S/C22H29N3O3.2ClH/c1-27-19-10-16(11-20(12-19)28-2)14-25-9-8-18(15-25)24-22(26)13-21(23)17-6-4-3-5-7-17;;/h3-7,10-12,18,21H,8-9,13-15,23H2,1-2H3,(H,24,26);2*1H. The second kappa shape index (κ2) is 12.6. The third-order valence-corrected chi connectivity index (χ3v) is 5.09. The summed E-state index contributed by atoms with van der Waals surface area (Å²) in [6.07, 6.45) is 1.24. The molecule has 2 unspecified atom stereocenters. The normalized spacial score (nSPS) is 16.7. The van der Waals surface area contributed by atoms with Crippen LogP contribution in [-0.4, -0.2) is 44.2 Å². The molecule has 2 aromatic carbocycles. The molecule has 8 heteroatoms. The van der Waals surface area contributed by atoms with Crippen LogP contribution < -0.4 is 20.5 Å². The van der Waals surface area contributed by atoms with Crippen LogP contribution in [0.15, 0.2) is 48.5 Å². The van der Waals surface area contributed by atoms with E-state index in [1.165, 1.54) is 0 Å². The van der Waals surface area contributed by atoms with Crippen LogP contribution in [0.4, 0.5) is 0 Å². The van der Waals surface area contributed by atoms with Gasteiger partial charge in [0.2, 0.25) is 5.91 Å². The molecule has 2 atom stereocenters. The topological polar surface area (TPSA) is 76.8 Å². The van der Waals surface area contributed by atoms with Gasteiger partial charge in [-0.15, -0.1) is 24.8 Å². The third-order valence-electron chi connectivity index (χ3n) is 5.09. The van der Waals surface area contributed by atoms with Gasteiger partial charge in [-0.25, -0.2) is 0 Å². The van der Waals surface area contributed by atoms with Crippen molar-refractivity contribution in [3.8, 4) is 11.5 Å². The number of benzene rings is 2. The quantitative estimate of drug-likeness (QED) is 0.638. The van der Waals surface area contributed by atoms with Crippen LogP contribution >= 0.6 is 24.8 Å². The molecule has 0 radical (unpaired) electrons. The number of hydrogen-bond acceptors (Lipinski definition) is 5. The van der Waals surface area contributed by atoms with Crippen LogP contribution in [-0.2, 0) is 11.3 Å². The summed E-state index contributed by atoms with van der Waals surface area (Å²) in [7, 11) is 3.31. The van der Waals surface area contributed by atoms with E-state index >= 15 is 0 Å². The molecule has 3 rings (SSSR count). The Kier molecular flexibility index (Phi) is 11.0. The van der Waals surface area contributed by atoms with E-state index in [2.05, 4.69) is 10.2 Å². The van der Waals surface area contributed by atoms with Gasteiger partial charge in [-0.05, 0) is 29.7 Å². The average Bonchev–Trinajstić information content (AvgIpc) is 3.14. The smallest absolute Gasteiger partial charge is 0.222 e. The van der Waals surface area contributed by atoms with Gasteiger partial charge in [0.05, 0.1) is 14.2 Å². The number of carbonyl (C=O) groups is 1. The number of hydrogen-bond donors (Lipinski definition) is 2. The first-order valence-electron chi connectivity index (χ1n) is 9.61. The summed E-state index contributed by atoms with van der Waals surface area (Å²) in [6, 6.07) is 15.5. The predicted octanol–water partition coefficient (Wildman–Crippen LogP) is 3.33. The molecule has 6 nitrogen and oxygen atoms in total. The van der Waals surface area contributed by atoms with E-state index in [0.29, 0.717) is 6.42 Å². The Hall–Kier alpha value is -1.99. The number of amides is 1. The zero-order chi connectivity index (χ0) is 19.9. The Morgan fingerprint density at radius 3 is 2.37 bits per heavy atom. The molecule has 0 bridgehead atoms. The molecule has 1 aliphatic heterocycles. The molecular weight excluding hydrogens is 425 g/mol. The van der Waals surface area contributed by atoms with Crippen LogP contribution in [0.5, 0.6) is 11.5 Å². The van der Waals surface area contributed by atoms with Crippen molar-refractivity contribution in [2.45, 2.75) is 31.5 Å². The van der Waals surface area contributed by atoms with E-state index in [9.17, 15) is 4.79 Å². The molecule has 1 aliphatic rings. The van der Waals surface area contributed by atoms with Crippen molar-refractivity contribution in [1.29, 1.82) is 0 Å². The second-order valence-electron chi connectivity index (χ2n) is 7.23. The van der Waals surface area contributed by atoms with Crippen molar-refractivity contribution < 1.29 is 14.3 Å². The summed E-state index contributed by atoms with van der Waals surface area (Å²) in [5.41, 5.74) is 8.28. The lowest BCUT2D eigenvalue weighted by atomic mass is 10.0. The Labute approximate surface area is 190 Å². The SMILES string of the molecule is COc1cc(CN2CCC(NC(=O)CC(N)c3ccccc3)C2)cc(OC)c1.Cl.Cl. The second-order valence-corrected chi connectivity index (χ2v) is 7.23. The molecule has 0 aliphatic carbocycles. The monoisotopic (exact) mass is 455 g/mol. The molecule has 30 heavy (non-hydrogen) atoms. The molecule has 166 valence electrons. The molecule has 0 spiro atoms. The van der Waals surface area contributed by atoms with Crippen molar-refractivity contribution in [3.05, 3.63) is 59.7 Å². The maximum Gasteiger partial charge on any atom is 0.222 e. The van der Waals surface area contributed by atoms with Gasteiger partial charge in [0.1, 0.15) is 11.5 Å². The van der Waals surface area contributed by atoms with Gasteiger partial charge in [0.25, 0.3) is 0 Å². The van der Waals surface area contributed by atoms with Gasteiger partial charge < -0.3 is 20.5 Å². The van der Waals surface area contributed by atoms with Gasteiger partial charge >= 0.3 is 0 Å². The number of nitrogens with two attached hydrogens (primary N) is 1. The van der Waals surface area contributed by atoms with Crippen molar-refractivity contribution in [2.75, 3.05) is 27.3 Å². The molecule has 3 N–H and O–H groups in total. The highest BCUT2D eigenvalue weighted by Gasteiger charge is 2.24. The summed E-state index contributed by atoms with van der Waals surface area (Å²) >= 11 is 0. The first-order chi connectivity index (χ1) is 13.6.